The lowest BCUT2D eigenvalue weighted by Crippen LogP contribution is -2.32. The van der Waals surface area contributed by atoms with Crippen molar-refractivity contribution in [2.45, 2.75) is 32.5 Å². The summed E-state index contributed by atoms with van der Waals surface area (Å²) in [5.74, 6) is 0. The molecule has 0 bridgehead atoms. The molecule has 0 unspecified atom stereocenters. The van der Waals surface area contributed by atoms with Crippen molar-refractivity contribution in [1.29, 1.82) is 0 Å². The van der Waals surface area contributed by atoms with E-state index in [1.165, 1.54) is 31.2 Å². The molecule has 0 amide bonds. The average molecular weight is 187 g/mol. The summed E-state index contributed by atoms with van der Waals surface area (Å²) in [4.78, 5) is 2.62. The fourth-order valence-corrected chi connectivity index (χ4v) is 2.38. The fourth-order valence-electron chi connectivity index (χ4n) is 2.38. The van der Waals surface area contributed by atoms with Crippen LogP contribution in [0.3, 0.4) is 0 Å². The van der Waals surface area contributed by atoms with E-state index in [1.54, 1.807) is 0 Å². The highest BCUT2D eigenvalue weighted by Gasteiger charge is 2.26. The van der Waals surface area contributed by atoms with Gasteiger partial charge >= 0.3 is 0 Å². The van der Waals surface area contributed by atoms with E-state index in [1.807, 2.05) is 0 Å². The van der Waals surface area contributed by atoms with Gasteiger partial charge in [0.15, 0.2) is 0 Å². The molecule has 2 rings (SSSR count). The molecule has 1 aliphatic rings. The van der Waals surface area contributed by atoms with Crippen LogP contribution in [0, 0.1) is 0 Å². The number of hydrogen-bond acceptors (Lipinski definition) is 1. The van der Waals surface area contributed by atoms with Crippen molar-refractivity contribution in [3.05, 3.63) is 35.9 Å². The molecule has 14 heavy (non-hydrogen) atoms. The van der Waals surface area contributed by atoms with Crippen LogP contribution in [-0.2, 0) is 6.54 Å². The summed E-state index contributed by atoms with van der Waals surface area (Å²) in [6.07, 6.45) is 4.07. The number of rotatable bonds is 3. The second kappa shape index (κ2) is 4.65. The number of nitrogens with zero attached hydrogens (tertiary/aromatic N) is 1. The quantitative estimate of drug-likeness (QED) is 0.657. The Kier molecular flexibility index (Phi) is 3.25. The highest BCUT2D eigenvalue weighted by molar-refractivity contribution is 6.56. The molecule has 2 heteroatoms. The molecule has 1 aliphatic heterocycles. The van der Waals surface area contributed by atoms with Gasteiger partial charge in [0.05, 0.1) is 0 Å². The van der Waals surface area contributed by atoms with Crippen molar-refractivity contribution in [1.82, 2.24) is 4.81 Å². The standard InChI is InChI=1S/C12H18BN/c1-2-13-9-6-10-14(13)11-12-7-4-3-5-8-12/h3-5,7-8H,2,6,9-11H2,1H3. The maximum absolute atomic E-state index is 2.62. The van der Waals surface area contributed by atoms with Crippen molar-refractivity contribution in [2.24, 2.45) is 0 Å². The van der Waals surface area contributed by atoms with Crippen LogP contribution in [0.4, 0.5) is 0 Å². The summed E-state index contributed by atoms with van der Waals surface area (Å²) in [5.41, 5.74) is 1.45. The topological polar surface area (TPSA) is 3.24 Å². The van der Waals surface area contributed by atoms with E-state index >= 15 is 0 Å². The molecule has 74 valence electrons. The summed E-state index contributed by atoms with van der Waals surface area (Å²) in [6, 6.07) is 10.8. The number of hydrogen-bond donors (Lipinski definition) is 0. The zero-order chi connectivity index (χ0) is 9.80. The van der Waals surface area contributed by atoms with E-state index in [9.17, 15) is 0 Å². The second-order valence-electron chi connectivity index (χ2n) is 4.16. The highest BCUT2D eigenvalue weighted by atomic mass is 15.1. The summed E-state index contributed by atoms with van der Waals surface area (Å²) in [6.45, 7) is 5.55. The Labute approximate surface area is 87.2 Å². The van der Waals surface area contributed by atoms with E-state index in [2.05, 4.69) is 42.1 Å². The fraction of sp³-hybridized carbons (Fsp3) is 0.500. The third-order valence-corrected chi connectivity index (χ3v) is 3.20. The summed E-state index contributed by atoms with van der Waals surface area (Å²) in [5, 5.41) is 0. The van der Waals surface area contributed by atoms with Crippen LogP contribution in [0.2, 0.25) is 12.6 Å². The van der Waals surface area contributed by atoms with Crippen LogP contribution in [0.25, 0.3) is 0 Å². The first kappa shape index (κ1) is 9.79. The largest absolute Gasteiger partial charge is 0.338 e. The Morgan fingerprint density at radius 3 is 2.79 bits per heavy atom. The Bertz CT molecular complexity index is 273. The molecular formula is C12H18BN. The third-order valence-electron chi connectivity index (χ3n) is 3.20. The molecule has 1 aromatic carbocycles. The maximum Gasteiger partial charge on any atom is 0.223 e. The third kappa shape index (κ3) is 2.18. The maximum atomic E-state index is 2.62. The molecule has 0 N–H and O–H groups in total. The zero-order valence-corrected chi connectivity index (χ0v) is 8.95. The Hall–Kier alpha value is -0.755. The molecule has 0 radical (unpaired) electrons. The van der Waals surface area contributed by atoms with E-state index in [4.69, 9.17) is 0 Å². The van der Waals surface area contributed by atoms with Crippen molar-refractivity contribution in [3.63, 3.8) is 0 Å². The van der Waals surface area contributed by atoms with Crippen LogP contribution in [-0.4, -0.2) is 18.2 Å². The monoisotopic (exact) mass is 187 g/mol. The first-order valence-corrected chi connectivity index (χ1v) is 5.68. The van der Waals surface area contributed by atoms with Crippen LogP contribution < -0.4 is 0 Å². The van der Waals surface area contributed by atoms with Crippen molar-refractivity contribution < 1.29 is 0 Å². The first-order chi connectivity index (χ1) is 6.90. The summed E-state index contributed by atoms with van der Waals surface area (Å²) < 4.78 is 0. The van der Waals surface area contributed by atoms with Crippen molar-refractivity contribution in [2.75, 3.05) is 6.54 Å². The van der Waals surface area contributed by atoms with Crippen molar-refractivity contribution >= 4 is 6.85 Å². The Morgan fingerprint density at radius 2 is 2.07 bits per heavy atom. The van der Waals surface area contributed by atoms with E-state index < -0.39 is 0 Å². The molecule has 0 spiro atoms. The molecule has 0 aromatic heterocycles. The van der Waals surface area contributed by atoms with E-state index in [0.717, 1.165) is 13.4 Å². The van der Waals surface area contributed by atoms with Crippen LogP contribution in [0.1, 0.15) is 18.9 Å². The molecule has 1 aromatic rings. The summed E-state index contributed by atoms with van der Waals surface area (Å²) >= 11 is 0. The van der Waals surface area contributed by atoms with Gasteiger partial charge in [0, 0.05) is 6.54 Å². The van der Waals surface area contributed by atoms with Crippen LogP contribution >= 0.6 is 0 Å². The highest BCUT2D eigenvalue weighted by Crippen LogP contribution is 2.20. The molecular weight excluding hydrogens is 169 g/mol. The van der Waals surface area contributed by atoms with Crippen LogP contribution in [0.5, 0.6) is 0 Å². The zero-order valence-electron chi connectivity index (χ0n) is 8.95. The van der Waals surface area contributed by atoms with Gasteiger partial charge in [0.1, 0.15) is 0 Å². The predicted molar refractivity (Wildman–Crippen MR) is 62.5 cm³/mol. The lowest BCUT2D eigenvalue weighted by Gasteiger charge is -2.20. The number of benzene rings is 1. The molecule has 1 fully saturated rings. The minimum Gasteiger partial charge on any atom is -0.338 e. The lowest BCUT2D eigenvalue weighted by molar-refractivity contribution is 0.460. The van der Waals surface area contributed by atoms with Crippen molar-refractivity contribution in [3.8, 4) is 0 Å². The Balaban J connectivity index is 1.97. The molecule has 1 heterocycles. The predicted octanol–water partition coefficient (Wildman–Crippen LogP) is 2.90. The normalized spacial score (nSPS) is 17.6. The summed E-state index contributed by atoms with van der Waals surface area (Å²) in [7, 11) is 0. The van der Waals surface area contributed by atoms with Gasteiger partial charge in [-0.2, -0.15) is 0 Å². The molecule has 1 saturated heterocycles. The first-order valence-electron chi connectivity index (χ1n) is 5.68. The molecule has 0 atom stereocenters. The smallest absolute Gasteiger partial charge is 0.223 e. The van der Waals surface area contributed by atoms with Gasteiger partial charge in [0.25, 0.3) is 0 Å². The minimum atomic E-state index is 0.829. The van der Waals surface area contributed by atoms with Gasteiger partial charge in [-0.25, -0.2) is 0 Å². The van der Waals surface area contributed by atoms with Gasteiger partial charge in [-0.15, -0.1) is 0 Å². The SMILES string of the molecule is CCB1CCCN1Cc1ccccc1. The van der Waals surface area contributed by atoms with E-state index in [0.29, 0.717) is 0 Å². The van der Waals surface area contributed by atoms with Gasteiger partial charge in [0.2, 0.25) is 6.85 Å². The Morgan fingerprint density at radius 1 is 1.29 bits per heavy atom. The molecule has 1 nitrogen and oxygen atoms in total. The van der Waals surface area contributed by atoms with Gasteiger partial charge in [-0.1, -0.05) is 49.9 Å². The lowest BCUT2D eigenvalue weighted by atomic mass is 9.57. The second-order valence-corrected chi connectivity index (χ2v) is 4.16. The van der Waals surface area contributed by atoms with Gasteiger partial charge in [-0.3, -0.25) is 0 Å². The van der Waals surface area contributed by atoms with Gasteiger partial charge < -0.3 is 4.81 Å². The van der Waals surface area contributed by atoms with E-state index in [-0.39, 0.29) is 0 Å². The minimum absolute atomic E-state index is 0.829. The van der Waals surface area contributed by atoms with Gasteiger partial charge in [-0.05, 0) is 18.5 Å². The average Bonchev–Trinajstić information content (AvgIpc) is 2.67. The van der Waals surface area contributed by atoms with Crippen LogP contribution in [0.15, 0.2) is 30.3 Å². The molecule has 0 aliphatic carbocycles. The molecule has 0 saturated carbocycles.